The average molecular weight is 220 g/mol. The van der Waals surface area contributed by atoms with Crippen LogP contribution >= 0.6 is 0 Å². The number of piperidine rings is 1. The van der Waals surface area contributed by atoms with E-state index >= 15 is 0 Å². The van der Waals surface area contributed by atoms with E-state index in [1.807, 2.05) is 30.3 Å². The Labute approximate surface area is 96.1 Å². The minimum Gasteiger partial charge on any atom is -0.831 e. The number of benzene rings is 1. The third kappa shape index (κ3) is 2.61. The third-order valence-corrected chi connectivity index (χ3v) is 3.27. The summed E-state index contributed by atoms with van der Waals surface area (Å²) in [5, 5.41) is 24.2. The summed E-state index contributed by atoms with van der Waals surface area (Å²) in [6, 6.07) is 9.70. The molecular weight excluding hydrogens is 202 g/mol. The van der Waals surface area contributed by atoms with Gasteiger partial charge in [0.15, 0.2) is 0 Å². The molecule has 0 aliphatic carbocycles. The van der Waals surface area contributed by atoms with Gasteiger partial charge in [0, 0.05) is 12.8 Å². The molecule has 1 aromatic carbocycles. The molecule has 3 atom stereocenters. The first-order valence-corrected chi connectivity index (χ1v) is 5.91. The van der Waals surface area contributed by atoms with Crippen molar-refractivity contribution in [3.63, 3.8) is 0 Å². The molecule has 1 heterocycles. The van der Waals surface area contributed by atoms with E-state index in [-0.39, 0.29) is 12.0 Å². The van der Waals surface area contributed by atoms with Gasteiger partial charge in [-0.05, 0) is 18.3 Å². The zero-order valence-electron chi connectivity index (χ0n) is 9.30. The molecule has 0 bridgehead atoms. The first kappa shape index (κ1) is 11.6. The highest BCUT2D eigenvalue weighted by atomic mass is 16.5. The molecule has 1 unspecified atom stereocenters. The molecule has 0 aromatic heterocycles. The van der Waals surface area contributed by atoms with Crippen LogP contribution in [0.15, 0.2) is 30.3 Å². The van der Waals surface area contributed by atoms with E-state index in [0.717, 1.165) is 31.4 Å². The zero-order chi connectivity index (χ0) is 11.4. The summed E-state index contributed by atoms with van der Waals surface area (Å²) in [7, 11) is 0. The van der Waals surface area contributed by atoms with Crippen LogP contribution in [0.3, 0.4) is 0 Å². The number of aliphatic hydroxyl groups is 1. The van der Waals surface area contributed by atoms with E-state index in [4.69, 9.17) is 0 Å². The molecule has 0 spiro atoms. The van der Waals surface area contributed by atoms with E-state index in [0.29, 0.717) is 0 Å². The molecule has 3 heteroatoms. The smallest absolute Gasteiger partial charge is 0.138 e. The summed E-state index contributed by atoms with van der Waals surface area (Å²) in [4.78, 5) is 0. The summed E-state index contributed by atoms with van der Waals surface area (Å²) < 4.78 is 0. The van der Waals surface area contributed by atoms with Crippen LogP contribution in [0, 0.1) is 0 Å². The summed E-state index contributed by atoms with van der Waals surface area (Å²) in [5.41, 5.74) is 0.935. The van der Waals surface area contributed by atoms with Gasteiger partial charge in [-0.25, -0.2) is 0 Å². The van der Waals surface area contributed by atoms with Crippen LogP contribution in [0.25, 0.3) is 0 Å². The topological polar surface area (TPSA) is 58.9 Å². The van der Waals surface area contributed by atoms with Gasteiger partial charge in [0.05, 0.1) is 5.92 Å². The van der Waals surface area contributed by atoms with Crippen molar-refractivity contribution in [3.8, 4) is 0 Å². The minimum atomic E-state index is -1.54. The van der Waals surface area contributed by atoms with Gasteiger partial charge in [0.2, 0.25) is 0 Å². The second-order valence-corrected chi connectivity index (χ2v) is 4.38. The molecule has 0 saturated carbocycles. The summed E-state index contributed by atoms with van der Waals surface area (Å²) >= 11 is 0. The maximum atomic E-state index is 11.4. The molecule has 87 valence electrons. The lowest BCUT2D eigenvalue weighted by Gasteiger charge is -2.32. The maximum Gasteiger partial charge on any atom is 0.138 e. The Balaban J connectivity index is 2.16. The van der Waals surface area contributed by atoms with Crippen molar-refractivity contribution in [2.45, 2.75) is 37.5 Å². The molecule has 1 fully saturated rings. The highest BCUT2D eigenvalue weighted by Gasteiger charge is 2.31. The third-order valence-electron chi connectivity index (χ3n) is 3.27. The lowest BCUT2D eigenvalue weighted by Crippen LogP contribution is -2.93. The monoisotopic (exact) mass is 220 g/mol. The quantitative estimate of drug-likeness (QED) is 0.665. The normalized spacial score (nSPS) is 25.0. The summed E-state index contributed by atoms with van der Waals surface area (Å²) in [6.45, 7) is 0.945. The highest BCUT2D eigenvalue weighted by Crippen LogP contribution is 2.23. The zero-order valence-corrected chi connectivity index (χ0v) is 9.30. The second kappa shape index (κ2) is 5.43. The molecular formula is C13H18NO2. The van der Waals surface area contributed by atoms with Gasteiger partial charge in [-0.1, -0.05) is 30.3 Å². The molecule has 1 aromatic rings. The standard InChI is InChI=1S/C13H18NO2/c15-13(16)12(10-6-2-1-3-7-10)11-8-4-5-9-14-11/h1-3,6-7,11-15H,4-5,8-9H2/t11-,12+,13?/m0/s1. The maximum absolute atomic E-state index is 11.4. The fourth-order valence-corrected chi connectivity index (χ4v) is 2.46. The van der Waals surface area contributed by atoms with Crippen LogP contribution in [0.1, 0.15) is 30.7 Å². The number of nitrogens with one attached hydrogen (secondary N) is 1. The van der Waals surface area contributed by atoms with Gasteiger partial charge < -0.3 is 10.2 Å². The van der Waals surface area contributed by atoms with Gasteiger partial charge in [-0.3, -0.25) is 0 Å². The fraction of sp³-hybridized carbons (Fsp3) is 0.538. The van der Waals surface area contributed by atoms with Gasteiger partial charge in [-0.2, -0.15) is 5.32 Å². The van der Waals surface area contributed by atoms with Crippen molar-refractivity contribution >= 4 is 0 Å². The first-order chi connectivity index (χ1) is 7.79. The van der Waals surface area contributed by atoms with Crippen LogP contribution in [0.5, 0.6) is 0 Å². The Hall–Kier alpha value is -0.900. The van der Waals surface area contributed by atoms with Crippen molar-refractivity contribution < 1.29 is 15.5 Å². The van der Waals surface area contributed by atoms with E-state index in [1.165, 1.54) is 0 Å². The van der Waals surface area contributed by atoms with Gasteiger partial charge in [0.1, 0.15) is 12.6 Å². The fourth-order valence-electron chi connectivity index (χ4n) is 2.46. The molecule has 2 rings (SSSR count). The minimum absolute atomic E-state index is 0.114. The van der Waals surface area contributed by atoms with Crippen LogP contribution in [0.2, 0.25) is 0 Å². The van der Waals surface area contributed by atoms with Gasteiger partial charge in [-0.15, -0.1) is 0 Å². The second-order valence-electron chi connectivity index (χ2n) is 4.38. The predicted molar refractivity (Wildman–Crippen MR) is 58.7 cm³/mol. The highest BCUT2D eigenvalue weighted by molar-refractivity contribution is 5.21. The van der Waals surface area contributed by atoms with E-state index < -0.39 is 6.29 Å². The molecule has 16 heavy (non-hydrogen) atoms. The predicted octanol–water partition coefficient (Wildman–Crippen LogP) is -0.649. The number of rotatable bonds is 3. The molecule has 3 nitrogen and oxygen atoms in total. The molecule has 1 aliphatic rings. The summed E-state index contributed by atoms with van der Waals surface area (Å²) in [5.74, 6) is -0.332. The summed E-state index contributed by atoms with van der Waals surface area (Å²) in [6.07, 6.45) is 1.72. The van der Waals surface area contributed by atoms with Gasteiger partial charge in [0.25, 0.3) is 0 Å². The molecule has 1 radical (unpaired) electrons. The Kier molecular flexibility index (Phi) is 3.93. The van der Waals surface area contributed by atoms with E-state index in [2.05, 4.69) is 5.32 Å². The van der Waals surface area contributed by atoms with Crippen molar-refractivity contribution in [2.75, 3.05) is 6.54 Å². The largest absolute Gasteiger partial charge is 0.831 e. The Morgan fingerprint density at radius 2 is 2.00 bits per heavy atom. The number of hydrogen-bond donors (Lipinski definition) is 2. The molecule has 0 amide bonds. The Morgan fingerprint density at radius 1 is 1.25 bits per heavy atom. The van der Waals surface area contributed by atoms with Crippen molar-refractivity contribution in [2.24, 2.45) is 0 Å². The average Bonchev–Trinajstić information content (AvgIpc) is 2.31. The number of aliphatic hydroxyl groups excluding tert-OH is 1. The lowest BCUT2D eigenvalue weighted by molar-refractivity contribution is -0.706. The van der Waals surface area contributed by atoms with Crippen molar-refractivity contribution in [1.82, 2.24) is 0 Å². The lowest BCUT2D eigenvalue weighted by atomic mass is 9.86. The van der Waals surface area contributed by atoms with Crippen LogP contribution < -0.4 is 10.4 Å². The van der Waals surface area contributed by atoms with Crippen LogP contribution in [-0.4, -0.2) is 24.0 Å². The molecule has 2 N–H and O–H groups in total. The van der Waals surface area contributed by atoms with Crippen LogP contribution in [0.4, 0.5) is 0 Å². The Bertz CT molecular complexity index is 307. The van der Waals surface area contributed by atoms with Crippen LogP contribution in [-0.2, 0) is 0 Å². The number of hydrogen-bond acceptors (Lipinski definition) is 3. The molecule has 1 saturated heterocycles. The SMILES string of the molecule is [O-]C(O)[C@H](c1ccccc1)[C@@H]1CCCC[NH+]1. The van der Waals surface area contributed by atoms with E-state index in [1.54, 1.807) is 0 Å². The van der Waals surface area contributed by atoms with Gasteiger partial charge >= 0.3 is 0 Å². The van der Waals surface area contributed by atoms with E-state index in [9.17, 15) is 10.2 Å². The molecule has 1 aliphatic heterocycles. The Morgan fingerprint density at radius 3 is 2.56 bits per heavy atom. The first-order valence-electron chi connectivity index (χ1n) is 5.91. The van der Waals surface area contributed by atoms with Crippen molar-refractivity contribution in [1.29, 1.82) is 0 Å². The van der Waals surface area contributed by atoms with Crippen molar-refractivity contribution in [3.05, 3.63) is 35.9 Å².